The number of nitrogens with one attached hydrogen (secondary N) is 1. The Hall–Kier alpha value is -2.05. The van der Waals surface area contributed by atoms with E-state index >= 15 is 0 Å². The zero-order valence-corrected chi connectivity index (χ0v) is 15.8. The maximum atomic E-state index is 13.6. The fourth-order valence-electron chi connectivity index (χ4n) is 3.30. The van der Waals surface area contributed by atoms with E-state index in [4.69, 9.17) is 16.3 Å². The van der Waals surface area contributed by atoms with Crippen molar-refractivity contribution in [2.75, 3.05) is 20.3 Å². The predicted molar refractivity (Wildman–Crippen MR) is 101 cm³/mol. The molecule has 1 aliphatic carbocycles. The number of rotatable bonds is 4. The van der Waals surface area contributed by atoms with E-state index in [9.17, 15) is 13.2 Å². The van der Waals surface area contributed by atoms with Crippen LogP contribution in [0.1, 0.15) is 24.5 Å². The van der Waals surface area contributed by atoms with Gasteiger partial charge in [-0.1, -0.05) is 42.8 Å². The monoisotopic (exact) mass is 396 g/mol. The van der Waals surface area contributed by atoms with Gasteiger partial charge < -0.3 is 10.1 Å². The van der Waals surface area contributed by atoms with Crippen molar-refractivity contribution in [2.45, 2.75) is 25.1 Å². The van der Waals surface area contributed by atoms with Crippen LogP contribution in [0.5, 0.6) is 0 Å². The van der Waals surface area contributed by atoms with Crippen LogP contribution in [0.4, 0.5) is 13.2 Å². The Labute approximate surface area is 161 Å². The summed E-state index contributed by atoms with van der Waals surface area (Å²) in [5.41, 5.74) is 0.728. The van der Waals surface area contributed by atoms with Gasteiger partial charge in [0.05, 0.1) is 29.5 Å². The van der Waals surface area contributed by atoms with E-state index in [1.807, 2.05) is 31.2 Å². The molecule has 0 radical (unpaired) electrons. The summed E-state index contributed by atoms with van der Waals surface area (Å²) in [4.78, 5) is 4.26. The lowest BCUT2D eigenvalue weighted by molar-refractivity contribution is -0.142. The maximum absolute atomic E-state index is 13.6. The molecule has 3 rings (SSSR count). The van der Waals surface area contributed by atoms with Gasteiger partial charge in [0.15, 0.2) is 0 Å². The summed E-state index contributed by atoms with van der Waals surface area (Å²) < 4.78 is 46.2. The summed E-state index contributed by atoms with van der Waals surface area (Å²) >= 11 is 5.90. The third-order valence-electron chi connectivity index (χ3n) is 4.59. The van der Waals surface area contributed by atoms with Crippen molar-refractivity contribution in [3.63, 3.8) is 0 Å². The number of hydrogen-bond acceptors (Lipinski definition) is 3. The number of nitrogens with zero attached hydrogens (tertiary/aromatic N) is 1. The summed E-state index contributed by atoms with van der Waals surface area (Å²) in [5, 5.41) is 2.92. The highest BCUT2D eigenvalue weighted by atomic mass is 35.5. The molecule has 1 aromatic carbocycles. The van der Waals surface area contributed by atoms with E-state index in [2.05, 4.69) is 10.3 Å². The van der Waals surface area contributed by atoms with Crippen LogP contribution in [0.3, 0.4) is 0 Å². The lowest BCUT2D eigenvalue weighted by atomic mass is 9.83. The Bertz CT molecular complexity index is 849. The first-order chi connectivity index (χ1) is 12.8. The molecule has 1 aromatic rings. The van der Waals surface area contributed by atoms with Gasteiger partial charge in [-0.3, -0.25) is 4.99 Å². The molecule has 0 amide bonds. The van der Waals surface area contributed by atoms with Gasteiger partial charge in [0.25, 0.3) is 0 Å². The number of hydrogen-bond donors (Lipinski definition) is 1. The summed E-state index contributed by atoms with van der Waals surface area (Å²) in [5.74, 6) is 0. The second kappa shape index (κ2) is 7.52. The second-order valence-corrected chi connectivity index (χ2v) is 6.88. The van der Waals surface area contributed by atoms with Gasteiger partial charge >= 0.3 is 6.18 Å². The molecule has 1 saturated heterocycles. The van der Waals surface area contributed by atoms with Crippen LogP contribution in [0, 0.1) is 0 Å². The van der Waals surface area contributed by atoms with Crippen LogP contribution in [-0.2, 0) is 16.5 Å². The fourth-order valence-corrected chi connectivity index (χ4v) is 3.58. The molecule has 0 unspecified atom stereocenters. The highest BCUT2D eigenvalue weighted by Gasteiger charge is 2.48. The quantitative estimate of drug-likeness (QED) is 0.774. The van der Waals surface area contributed by atoms with E-state index in [0.29, 0.717) is 5.70 Å². The van der Waals surface area contributed by atoms with Crippen molar-refractivity contribution in [1.29, 1.82) is 0 Å². The highest BCUT2D eigenvalue weighted by molar-refractivity contribution is 6.31. The SMILES string of the molecule is CC/C=C1/C=CC(NC2(c3cccc(Cl)c3C(F)(F)F)COC2)=CC1=NC. The normalized spacial score (nSPS) is 21.9. The second-order valence-electron chi connectivity index (χ2n) is 6.47. The number of aliphatic imine (C=N–C) groups is 1. The number of benzene rings is 1. The Kier molecular flexibility index (Phi) is 5.49. The Morgan fingerprint density at radius 2 is 2.04 bits per heavy atom. The minimum atomic E-state index is -4.55. The molecule has 0 atom stereocenters. The summed E-state index contributed by atoms with van der Waals surface area (Å²) in [6.45, 7) is 2.28. The molecule has 0 aromatic heterocycles. The average molecular weight is 397 g/mol. The Morgan fingerprint density at radius 1 is 1.30 bits per heavy atom. The lowest BCUT2D eigenvalue weighted by Crippen LogP contribution is -2.57. The maximum Gasteiger partial charge on any atom is 0.418 e. The van der Waals surface area contributed by atoms with Crippen LogP contribution in [-0.4, -0.2) is 26.0 Å². The smallest absolute Gasteiger partial charge is 0.376 e. The van der Waals surface area contributed by atoms with Crippen molar-refractivity contribution in [1.82, 2.24) is 5.32 Å². The van der Waals surface area contributed by atoms with Gasteiger partial charge in [-0.25, -0.2) is 0 Å². The van der Waals surface area contributed by atoms with E-state index in [0.717, 1.165) is 17.7 Å². The average Bonchev–Trinajstić information content (AvgIpc) is 2.58. The molecular formula is C20H20ClF3N2O. The zero-order chi connectivity index (χ0) is 19.7. The standard InChI is InChI=1S/C20H20ClF3N2O/c1-3-5-13-8-9-14(10-17(13)25-2)26-19(11-27-12-19)15-6-4-7-16(21)18(15)20(22,23)24/h4-10,26H,3,11-12H2,1-2H3/b13-5-,25-17?. The molecule has 27 heavy (non-hydrogen) atoms. The number of ether oxygens (including phenoxy) is 1. The van der Waals surface area contributed by atoms with Gasteiger partial charge in [-0.15, -0.1) is 0 Å². The molecule has 3 nitrogen and oxygen atoms in total. The van der Waals surface area contributed by atoms with Crippen molar-refractivity contribution >= 4 is 17.3 Å². The number of allylic oxidation sites excluding steroid dienone is 5. The van der Waals surface area contributed by atoms with E-state index in [-0.39, 0.29) is 23.8 Å². The minimum Gasteiger partial charge on any atom is -0.376 e. The van der Waals surface area contributed by atoms with E-state index < -0.39 is 17.3 Å². The van der Waals surface area contributed by atoms with Crippen molar-refractivity contribution < 1.29 is 17.9 Å². The molecule has 0 saturated carbocycles. The van der Waals surface area contributed by atoms with Gasteiger partial charge in [0, 0.05) is 12.7 Å². The van der Waals surface area contributed by atoms with Gasteiger partial charge in [0.1, 0.15) is 5.54 Å². The Balaban J connectivity index is 1.99. The molecule has 1 heterocycles. The zero-order valence-electron chi connectivity index (χ0n) is 15.0. The van der Waals surface area contributed by atoms with Gasteiger partial charge in [-0.2, -0.15) is 13.2 Å². The van der Waals surface area contributed by atoms with E-state index in [1.165, 1.54) is 18.2 Å². The summed E-state index contributed by atoms with van der Waals surface area (Å²) in [7, 11) is 1.69. The largest absolute Gasteiger partial charge is 0.418 e. The van der Waals surface area contributed by atoms with Crippen LogP contribution < -0.4 is 5.32 Å². The summed E-state index contributed by atoms with van der Waals surface area (Å²) in [6.07, 6.45) is 3.94. The van der Waals surface area contributed by atoms with Gasteiger partial charge in [0.2, 0.25) is 0 Å². The van der Waals surface area contributed by atoms with Gasteiger partial charge in [-0.05, 0) is 35.8 Å². The van der Waals surface area contributed by atoms with Crippen LogP contribution >= 0.6 is 11.6 Å². The fraction of sp³-hybridized carbons (Fsp3) is 0.350. The first-order valence-electron chi connectivity index (χ1n) is 8.60. The predicted octanol–water partition coefficient (Wildman–Crippen LogP) is 5.03. The highest BCUT2D eigenvalue weighted by Crippen LogP contribution is 2.43. The first kappa shape index (κ1) is 19.7. The molecule has 1 N–H and O–H groups in total. The van der Waals surface area contributed by atoms with E-state index in [1.54, 1.807) is 7.05 Å². The molecule has 1 fully saturated rings. The van der Waals surface area contributed by atoms with Crippen molar-refractivity contribution in [3.05, 3.63) is 69.9 Å². The van der Waals surface area contributed by atoms with Crippen LogP contribution in [0.15, 0.2) is 58.8 Å². The molecule has 1 aliphatic heterocycles. The third-order valence-corrected chi connectivity index (χ3v) is 4.90. The number of alkyl halides is 3. The van der Waals surface area contributed by atoms with Crippen LogP contribution in [0.2, 0.25) is 5.02 Å². The minimum absolute atomic E-state index is 0.0907. The topological polar surface area (TPSA) is 33.6 Å². The molecule has 2 aliphatic rings. The summed E-state index contributed by atoms with van der Waals surface area (Å²) in [6, 6.07) is 4.24. The molecular weight excluding hydrogens is 377 g/mol. The number of halogens is 4. The molecule has 144 valence electrons. The molecule has 0 spiro atoms. The van der Waals surface area contributed by atoms with Crippen molar-refractivity contribution in [2.24, 2.45) is 4.99 Å². The Morgan fingerprint density at radius 3 is 2.59 bits per heavy atom. The lowest BCUT2D eigenvalue weighted by Gasteiger charge is -2.45. The molecule has 7 heteroatoms. The van der Waals surface area contributed by atoms with Crippen molar-refractivity contribution in [3.8, 4) is 0 Å². The van der Waals surface area contributed by atoms with Crippen LogP contribution in [0.25, 0.3) is 0 Å². The third kappa shape index (κ3) is 3.82. The first-order valence-corrected chi connectivity index (χ1v) is 8.98. The molecule has 0 bridgehead atoms.